The van der Waals surface area contributed by atoms with Crippen LogP contribution in [0.3, 0.4) is 0 Å². The average molecular weight is 253 g/mol. The van der Waals surface area contributed by atoms with E-state index in [9.17, 15) is 20.0 Å². The first-order valence-electron chi connectivity index (χ1n) is 5.49. The number of rotatable bonds is 5. The highest BCUT2D eigenvalue weighted by molar-refractivity contribution is 5.71. The van der Waals surface area contributed by atoms with E-state index in [2.05, 4.69) is 0 Å². The number of esters is 1. The van der Waals surface area contributed by atoms with Crippen LogP contribution in [0.4, 0.5) is 5.69 Å². The van der Waals surface area contributed by atoms with E-state index in [1.165, 1.54) is 31.2 Å². The Bertz CT molecular complexity index is 438. The SMILES string of the molecule is CCOC(=O)CC(C)(O)c1ccc([N+](=O)[O-])cc1. The van der Waals surface area contributed by atoms with Crippen LogP contribution in [0.1, 0.15) is 25.8 Å². The van der Waals surface area contributed by atoms with Gasteiger partial charge in [-0.25, -0.2) is 0 Å². The lowest BCUT2D eigenvalue weighted by Crippen LogP contribution is -2.26. The highest BCUT2D eigenvalue weighted by Crippen LogP contribution is 2.26. The number of aliphatic hydroxyl groups is 1. The fraction of sp³-hybridized carbons (Fsp3) is 0.417. The zero-order valence-electron chi connectivity index (χ0n) is 10.3. The molecule has 0 saturated carbocycles. The summed E-state index contributed by atoms with van der Waals surface area (Å²) in [6.07, 6.45) is -0.196. The Kier molecular flexibility index (Phi) is 4.38. The summed E-state index contributed by atoms with van der Waals surface area (Å²) in [5.41, 5.74) is -1.03. The number of nitro groups is 1. The van der Waals surface area contributed by atoms with Gasteiger partial charge in [0.1, 0.15) is 0 Å². The van der Waals surface area contributed by atoms with E-state index in [-0.39, 0.29) is 18.7 Å². The molecule has 0 aromatic heterocycles. The van der Waals surface area contributed by atoms with E-state index in [4.69, 9.17) is 4.74 Å². The molecule has 0 aliphatic heterocycles. The maximum atomic E-state index is 11.3. The number of hydrogen-bond donors (Lipinski definition) is 1. The van der Waals surface area contributed by atoms with Crippen LogP contribution in [0.15, 0.2) is 24.3 Å². The second-order valence-corrected chi connectivity index (χ2v) is 4.06. The highest BCUT2D eigenvalue weighted by Gasteiger charge is 2.27. The summed E-state index contributed by atoms with van der Waals surface area (Å²) in [5, 5.41) is 20.6. The topological polar surface area (TPSA) is 89.7 Å². The standard InChI is InChI=1S/C12H15NO5/c1-3-18-11(14)8-12(2,15)9-4-6-10(7-5-9)13(16)17/h4-7,15H,3,8H2,1-2H3. The van der Waals surface area contributed by atoms with Crippen LogP contribution in [-0.2, 0) is 15.1 Å². The van der Waals surface area contributed by atoms with Crippen LogP contribution < -0.4 is 0 Å². The van der Waals surface area contributed by atoms with Gasteiger partial charge in [0.25, 0.3) is 5.69 Å². The van der Waals surface area contributed by atoms with Gasteiger partial charge in [0.15, 0.2) is 0 Å². The van der Waals surface area contributed by atoms with E-state index in [1.807, 2.05) is 0 Å². The Hall–Kier alpha value is -1.95. The number of non-ortho nitro benzene ring substituents is 1. The molecule has 1 unspecified atom stereocenters. The number of nitrogens with zero attached hydrogens (tertiary/aromatic N) is 1. The molecule has 0 bridgehead atoms. The Labute approximate surface area is 104 Å². The van der Waals surface area contributed by atoms with Crippen molar-refractivity contribution in [3.8, 4) is 0 Å². The van der Waals surface area contributed by atoms with Gasteiger partial charge in [-0.1, -0.05) is 0 Å². The zero-order chi connectivity index (χ0) is 13.8. The fourth-order valence-electron chi connectivity index (χ4n) is 1.54. The number of carbonyl (C=O) groups is 1. The van der Waals surface area contributed by atoms with Crippen LogP contribution in [-0.4, -0.2) is 22.6 Å². The maximum Gasteiger partial charge on any atom is 0.309 e. The smallest absolute Gasteiger partial charge is 0.309 e. The van der Waals surface area contributed by atoms with Gasteiger partial charge in [-0.2, -0.15) is 0 Å². The van der Waals surface area contributed by atoms with E-state index < -0.39 is 16.5 Å². The third kappa shape index (κ3) is 3.53. The summed E-state index contributed by atoms with van der Waals surface area (Å²) in [6, 6.07) is 5.43. The lowest BCUT2D eigenvalue weighted by atomic mass is 9.92. The third-order valence-electron chi connectivity index (χ3n) is 2.49. The van der Waals surface area contributed by atoms with Gasteiger partial charge in [-0.05, 0) is 31.5 Å². The van der Waals surface area contributed by atoms with Crippen LogP contribution in [0, 0.1) is 10.1 Å². The van der Waals surface area contributed by atoms with Crippen molar-refractivity contribution in [2.75, 3.05) is 6.61 Å². The fourth-order valence-corrected chi connectivity index (χ4v) is 1.54. The molecule has 0 radical (unpaired) electrons. The number of carbonyl (C=O) groups excluding carboxylic acids is 1. The van der Waals surface area contributed by atoms with Crippen molar-refractivity contribution >= 4 is 11.7 Å². The highest BCUT2D eigenvalue weighted by atomic mass is 16.6. The molecule has 6 nitrogen and oxygen atoms in total. The first kappa shape index (κ1) is 14.1. The van der Waals surface area contributed by atoms with Crippen LogP contribution >= 0.6 is 0 Å². The second kappa shape index (κ2) is 5.59. The Morgan fingerprint density at radius 3 is 2.44 bits per heavy atom. The lowest BCUT2D eigenvalue weighted by molar-refractivity contribution is -0.384. The van der Waals surface area contributed by atoms with Crippen molar-refractivity contribution in [2.45, 2.75) is 25.9 Å². The molecule has 1 rings (SSSR count). The monoisotopic (exact) mass is 253 g/mol. The summed E-state index contributed by atoms with van der Waals surface area (Å²) in [5.74, 6) is -0.513. The number of ether oxygens (including phenoxy) is 1. The Morgan fingerprint density at radius 2 is 2.00 bits per heavy atom. The van der Waals surface area contributed by atoms with Crippen molar-refractivity contribution in [3.05, 3.63) is 39.9 Å². The minimum atomic E-state index is -1.40. The van der Waals surface area contributed by atoms with Crippen molar-refractivity contribution in [2.24, 2.45) is 0 Å². The molecule has 18 heavy (non-hydrogen) atoms. The molecule has 0 aliphatic rings. The molecule has 0 aliphatic carbocycles. The molecule has 0 amide bonds. The van der Waals surface area contributed by atoms with Crippen molar-refractivity contribution in [1.82, 2.24) is 0 Å². The molecule has 1 aromatic carbocycles. The van der Waals surface area contributed by atoms with Crippen LogP contribution in [0.5, 0.6) is 0 Å². The molecule has 0 spiro atoms. The summed E-state index contributed by atoms with van der Waals surface area (Å²) in [4.78, 5) is 21.3. The third-order valence-corrected chi connectivity index (χ3v) is 2.49. The molecule has 1 aromatic rings. The van der Waals surface area contributed by atoms with E-state index in [0.29, 0.717) is 5.56 Å². The minimum absolute atomic E-state index is 0.0642. The predicted octanol–water partition coefficient (Wildman–Crippen LogP) is 1.76. The van der Waals surface area contributed by atoms with Crippen LogP contribution in [0.2, 0.25) is 0 Å². The van der Waals surface area contributed by atoms with Gasteiger partial charge >= 0.3 is 5.97 Å². The van der Waals surface area contributed by atoms with Crippen molar-refractivity contribution < 1.29 is 19.6 Å². The van der Waals surface area contributed by atoms with Crippen LogP contribution in [0.25, 0.3) is 0 Å². The largest absolute Gasteiger partial charge is 0.466 e. The minimum Gasteiger partial charge on any atom is -0.466 e. The quantitative estimate of drug-likeness (QED) is 0.490. The van der Waals surface area contributed by atoms with Gasteiger partial charge in [-0.3, -0.25) is 14.9 Å². The molecular weight excluding hydrogens is 238 g/mol. The molecule has 0 fully saturated rings. The van der Waals surface area contributed by atoms with Gasteiger partial charge in [-0.15, -0.1) is 0 Å². The Morgan fingerprint density at radius 1 is 1.44 bits per heavy atom. The summed E-state index contributed by atoms with van der Waals surface area (Å²) in [6.45, 7) is 3.39. The van der Waals surface area contributed by atoms with E-state index in [0.717, 1.165) is 0 Å². The van der Waals surface area contributed by atoms with Gasteiger partial charge < -0.3 is 9.84 Å². The Balaban J connectivity index is 2.84. The first-order chi connectivity index (χ1) is 8.36. The molecule has 6 heteroatoms. The molecular formula is C12H15NO5. The molecule has 1 atom stereocenters. The van der Waals surface area contributed by atoms with E-state index >= 15 is 0 Å². The van der Waals surface area contributed by atoms with Gasteiger partial charge in [0.2, 0.25) is 0 Å². The van der Waals surface area contributed by atoms with Gasteiger partial charge in [0.05, 0.1) is 23.6 Å². The first-order valence-corrected chi connectivity index (χ1v) is 5.49. The summed E-state index contributed by atoms with van der Waals surface area (Å²) in [7, 11) is 0. The average Bonchev–Trinajstić information content (AvgIpc) is 2.28. The van der Waals surface area contributed by atoms with Crippen molar-refractivity contribution in [1.29, 1.82) is 0 Å². The summed E-state index contributed by atoms with van der Waals surface area (Å²) >= 11 is 0. The zero-order valence-corrected chi connectivity index (χ0v) is 10.3. The summed E-state index contributed by atoms with van der Waals surface area (Å²) < 4.78 is 4.75. The maximum absolute atomic E-state index is 11.3. The normalized spacial score (nSPS) is 13.7. The second-order valence-electron chi connectivity index (χ2n) is 4.06. The molecule has 0 saturated heterocycles. The van der Waals surface area contributed by atoms with Gasteiger partial charge in [0, 0.05) is 12.1 Å². The molecule has 98 valence electrons. The van der Waals surface area contributed by atoms with E-state index in [1.54, 1.807) is 6.92 Å². The molecule has 1 N–H and O–H groups in total. The number of hydrogen-bond acceptors (Lipinski definition) is 5. The predicted molar refractivity (Wildman–Crippen MR) is 63.9 cm³/mol. The molecule has 0 heterocycles. The number of nitro benzene ring substituents is 1. The number of benzene rings is 1. The lowest BCUT2D eigenvalue weighted by Gasteiger charge is -2.22. The van der Waals surface area contributed by atoms with Crippen molar-refractivity contribution in [3.63, 3.8) is 0 Å².